The fraction of sp³-hybridized carbons (Fsp3) is 0.0513. The van der Waals surface area contributed by atoms with Crippen LogP contribution in [0.3, 0.4) is 0 Å². The molecular formula is C78H53F10Ir5N11O4-6. The predicted molar refractivity (Wildman–Crippen MR) is 363 cm³/mol. The van der Waals surface area contributed by atoms with Gasteiger partial charge in [0.25, 0.3) is 0 Å². The van der Waals surface area contributed by atoms with Crippen LogP contribution in [-0.2, 0) is 113 Å². The van der Waals surface area contributed by atoms with Crippen molar-refractivity contribution in [1.82, 2.24) is 55.1 Å². The Balaban J connectivity index is 0.000000419. The van der Waals surface area contributed by atoms with Crippen LogP contribution in [0.4, 0.5) is 43.9 Å². The fourth-order valence-corrected chi connectivity index (χ4v) is 8.03. The molecule has 108 heavy (non-hydrogen) atoms. The molecule has 5 aromatic carbocycles. The molecule has 0 saturated heterocycles. The van der Waals surface area contributed by atoms with Crippen molar-refractivity contribution in [3.63, 3.8) is 0 Å². The van der Waals surface area contributed by atoms with Crippen LogP contribution < -0.4 is 5.10 Å². The van der Waals surface area contributed by atoms with Crippen molar-refractivity contribution in [1.29, 1.82) is 0 Å². The average molecular weight is 2360 g/mol. The third-order valence-electron chi connectivity index (χ3n) is 12.7. The van der Waals surface area contributed by atoms with Crippen molar-refractivity contribution in [3.8, 4) is 67.8 Å². The van der Waals surface area contributed by atoms with Crippen molar-refractivity contribution < 1.29 is 164 Å². The molecule has 2 N–H and O–H groups in total. The molecule has 0 unspecified atom stereocenters. The van der Waals surface area contributed by atoms with E-state index in [1.165, 1.54) is 42.4 Å². The normalized spacial score (nSPS) is 9.81. The summed E-state index contributed by atoms with van der Waals surface area (Å²) >= 11 is 0. The second-order valence-corrected chi connectivity index (χ2v) is 20.4. The summed E-state index contributed by atoms with van der Waals surface area (Å²) < 4.78 is 126. The number of carboxylic acid groups (broad SMARTS) is 2. The summed E-state index contributed by atoms with van der Waals surface area (Å²) in [6.45, 7) is 3.67. The minimum Gasteiger partial charge on any atom is -0.477 e. The monoisotopic (exact) mass is 2360 g/mol. The zero-order valence-corrected chi connectivity index (χ0v) is 67.5. The SMILES string of the molecule is Cc1c[c-]c(-c2ccccn2)cc1.Cc1cc(-c2ccccn2)[c-]c(C(F)(F)F)c1.FC(F)(F)c1n[n-]c(-c2ccccn2)n1.Fc1c[c-]c(-c2ccccn2)c(F)c1.Fc1c[c-]c(-c2ccccn2)c(F)c1.O=C(O)c1ccccn1.O=C(O)c1ccccn1.[Ir].[Ir].[Ir].[Ir].[Ir].[c-]1ccccc1-c1ccccn1. The van der Waals surface area contributed by atoms with E-state index in [1.54, 1.807) is 135 Å². The number of hydrogen-bond acceptors (Lipinski definition) is 12. The van der Waals surface area contributed by atoms with E-state index < -0.39 is 58.9 Å². The maximum atomic E-state index is 13.2. The summed E-state index contributed by atoms with van der Waals surface area (Å²) in [4.78, 5) is 54.9. The van der Waals surface area contributed by atoms with Gasteiger partial charge in [0.2, 0.25) is 0 Å². The molecule has 30 heteroatoms. The largest absolute Gasteiger partial charge is 0.477 e. The fourth-order valence-electron chi connectivity index (χ4n) is 8.03. The predicted octanol–water partition coefficient (Wildman–Crippen LogP) is 18.0. The van der Waals surface area contributed by atoms with E-state index in [4.69, 9.17) is 10.2 Å². The number of halogens is 10. The first kappa shape index (κ1) is 94.0. The summed E-state index contributed by atoms with van der Waals surface area (Å²) in [6.07, 6.45) is 3.61. The third-order valence-corrected chi connectivity index (χ3v) is 12.7. The molecule has 0 fully saturated rings. The first-order chi connectivity index (χ1) is 49.5. The van der Waals surface area contributed by atoms with Gasteiger partial charge in [-0.05, 0) is 107 Å². The van der Waals surface area contributed by atoms with Crippen molar-refractivity contribution >= 4 is 11.9 Å². The van der Waals surface area contributed by atoms with E-state index in [9.17, 15) is 53.5 Å². The van der Waals surface area contributed by atoms with E-state index in [-0.39, 0.29) is 135 Å². The molecule has 0 bridgehead atoms. The number of carbonyl (C=O) groups is 2. The van der Waals surface area contributed by atoms with Gasteiger partial charge in [0.1, 0.15) is 17.2 Å². The number of alkyl halides is 6. The second-order valence-electron chi connectivity index (χ2n) is 20.4. The molecule has 9 aromatic heterocycles. The number of aryl methyl sites for hydroxylation is 2. The molecule has 0 atom stereocenters. The van der Waals surface area contributed by atoms with E-state index >= 15 is 0 Å². The van der Waals surface area contributed by atoms with Crippen LogP contribution in [0.25, 0.3) is 67.8 Å². The maximum Gasteiger partial charge on any atom is 0.429 e. The van der Waals surface area contributed by atoms with Crippen LogP contribution in [0.2, 0.25) is 0 Å². The van der Waals surface area contributed by atoms with Gasteiger partial charge in [0.05, 0.1) is 5.69 Å². The molecule has 0 aliphatic heterocycles. The van der Waals surface area contributed by atoms with E-state index in [0.29, 0.717) is 28.2 Å². The number of rotatable bonds is 8. The molecule has 15 nitrogen and oxygen atoms in total. The standard InChI is InChI=1S/C13H9F3N.C12H10N.2C11H6F2N.C11H8N.C8H4F3N4.2C6H5NO2.5Ir/c1-9-6-10(12-4-2-3-5-17-12)8-11(7-9)13(14,15)16;1-10-5-7-11(8-6-10)12-4-2-3-9-13-12;2*12-8-4-5-9(10(13)7-8)11-3-1-2-6-14-11;1-2-6-10(7-3-1)11-8-4-5-9-12-11;9-8(10,11)7-13-6(14-15-7)5-3-1-2-4-12-5;2*8-6(9)5-3-1-2-4-7-5;;;;;/h2-7H,1H3;2-7,9H,1H3;2*1-4,6-7H;1-6,8-9H;1-4H;2*1-4H,(H,8,9);;;;;/q6*-1;;;;;;;. The molecule has 5 radical (unpaired) electrons. The van der Waals surface area contributed by atoms with Gasteiger partial charge < -0.3 is 45.2 Å². The maximum absolute atomic E-state index is 13.2. The van der Waals surface area contributed by atoms with Crippen LogP contribution in [0, 0.1) is 67.4 Å². The van der Waals surface area contributed by atoms with Crippen LogP contribution in [0.5, 0.6) is 0 Å². The zero-order valence-electron chi connectivity index (χ0n) is 55.6. The molecule has 9 heterocycles. The Morgan fingerprint density at radius 2 is 0.759 bits per heavy atom. The number of nitrogens with zero attached hydrogens (tertiary/aromatic N) is 11. The molecule has 0 amide bonds. The van der Waals surface area contributed by atoms with Crippen LogP contribution in [-0.4, -0.2) is 72.1 Å². The summed E-state index contributed by atoms with van der Waals surface area (Å²) in [6, 6.07) is 75.5. The Hall–Kier alpha value is -10.1. The molecule has 0 aliphatic carbocycles. The van der Waals surface area contributed by atoms with Crippen LogP contribution >= 0.6 is 0 Å². The smallest absolute Gasteiger partial charge is 0.429 e. The second kappa shape index (κ2) is 49.0. The number of benzene rings is 5. The molecule has 14 aromatic rings. The van der Waals surface area contributed by atoms with E-state index in [2.05, 4.69) is 98.4 Å². The Morgan fingerprint density at radius 3 is 1.07 bits per heavy atom. The summed E-state index contributed by atoms with van der Waals surface area (Å²) in [7, 11) is 0. The third kappa shape index (κ3) is 32.6. The van der Waals surface area contributed by atoms with Gasteiger partial charge in [-0.25, -0.2) is 19.6 Å². The molecule has 0 aliphatic rings. The summed E-state index contributed by atoms with van der Waals surface area (Å²) in [5.74, 6) is -5.92. The van der Waals surface area contributed by atoms with Gasteiger partial charge in [0.15, 0.2) is 0 Å². The Bertz CT molecular complexity index is 4680. The Kier molecular flexibility index (Phi) is 42.6. The topological polar surface area (TPSA) is 218 Å². The van der Waals surface area contributed by atoms with Gasteiger partial charge in [-0.15, -0.1) is 125 Å². The van der Waals surface area contributed by atoms with Gasteiger partial charge in [-0.1, -0.05) is 116 Å². The number of aromatic nitrogens is 11. The Labute approximate surface area is 681 Å². The minimum absolute atomic E-state index is 0. The molecule has 0 spiro atoms. The van der Waals surface area contributed by atoms with Crippen molar-refractivity contribution in [3.05, 3.63) is 362 Å². The van der Waals surface area contributed by atoms with Crippen molar-refractivity contribution in [2.24, 2.45) is 0 Å². The summed E-state index contributed by atoms with van der Waals surface area (Å²) in [5, 5.41) is 22.9. The minimum atomic E-state index is -4.57. The number of pyridine rings is 8. The van der Waals surface area contributed by atoms with Gasteiger partial charge >= 0.3 is 24.3 Å². The van der Waals surface area contributed by atoms with Gasteiger partial charge in [-0.3, -0.25) is 27.6 Å². The first-order valence-electron chi connectivity index (χ1n) is 30.0. The molecule has 0 saturated carbocycles. The van der Waals surface area contributed by atoms with Crippen molar-refractivity contribution in [2.75, 3.05) is 0 Å². The average Bonchev–Trinajstić information content (AvgIpc) is 1.07. The van der Waals surface area contributed by atoms with Gasteiger partial charge in [0, 0.05) is 173 Å². The van der Waals surface area contributed by atoms with E-state index in [1.807, 2.05) is 72.8 Å². The summed E-state index contributed by atoms with van der Waals surface area (Å²) in [5.41, 5.74) is 7.57. The molecule has 565 valence electrons. The first-order valence-corrected chi connectivity index (χ1v) is 30.0. The van der Waals surface area contributed by atoms with Crippen molar-refractivity contribution in [2.45, 2.75) is 26.2 Å². The quantitative estimate of drug-likeness (QED) is 0.107. The van der Waals surface area contributed by atoms with Gasteiger partial charge in [-0.2, -0.15) is 26.3 Å². The van der Waals surface area contributed by atoms with Crippen LogP contribution in [0.15, 0.2) is 274 Å². The Morgan fingerprint density at radius 1 is 0.380 bits per heavy atom. The molecule has 14 rings (SSSR count). The van der Waals surface area contributed by atoms with E-state index in [0.717, 1.165) is 52.8 Å². The molecular weight excluding hydrogens is 2310 g/mol. The van der Waals surface area contributed by atoms with Crippen LogP contribution in [0.1, 0.15) is 43.5 Å². The zero-order chi connectivity index (χ0) is 74.0. The number of aromatic carboxylic acids is 2. The number of hydrogen-bond donors (Lipinski definition) is 2. The number of carboxylic acids is 2.